The second-order valence-electron chi connectivity index (χ2n) is 3.47. The first kappa shape index (κ1) is 12.9. The fraction of sp³-hybridized carbons (Fsp3) is 1.00. The molecule has 0 aromatic heterocycles. The zero-order valence-corrected chi connectivity index (χ0v) is 9.71. The van der Waals surface area contributed by atoms with Crippen LogP contribution in [0.25, 0.3) is 0 Å². The van der Waals surface area contributed by atoms with Crippen molar-refractivity contribution >= 4 is 0 Å². The maximum Gasteiger partial charge on any atom is 0.0634 e. The lowest BCUT2D eigenvalue weighted by Gasteiger charge is -2.33. The van der Waals surface area contributed by atoms with E-state index in [2.05, 4.69) is 30.9 Å². The minimum Gasteiger partial charge on any atom is -0.378 e. The Kier molecular flexibility index (Phi) is 7.23. The molecule has 80 valence electrons. The Balaban J connectivity index is 0.000000671. The smallest absolute Gasteiger partial charge is 0.0634 e. The molecule has 0 saturated carbocycles. The van der Waals surface area contributed by atoms with Gasteiger partial charge in [0, 0.05) is 19.1 Å². The van der Waals surface area contributed by atoms with Crippen LogP contribution < -0.4 is 0 Å². The Morgan fingerprint density at radius 3 is 2.46 bits per heavy atom. The van der Waals surface area contributed by atoms with Gasteiger partial charge in [-0.25, -0.2) is 0 Å². The molecule has 1 rings (SSSR count). The van der Waals surface area contributed by atoms with Gasteiger partial charge in [0.25, 0.3) is 0 Å². The van der Waals surface area contributed by atoms with Crippen molar-refractivity contribution in [1.29, 1.82) is 0 Å². The number of morpholine rings is 1. The van der Waals surface area contributed by atoms with Crippen LogP contribution >= 0.6 is 0 Å². The first-order chi connectivity index (χ1) is 6.20. The predicted molar refractivity (Wildman–Crippen MR) is 57.1 cm³/mol. The molecule has 1 aliphatic rings. The molecule has 13 heavy (non-hydrogen) atoms. The highest BCUT2D eigenvalue weighted by Gasteiger charge is 2.19. The number of ether oxygens (including phenoxy) is 1. The van der Waals surface area contributed by atoms with Gasteiger partial charge in [0.05, 0.1) is 13.2 Å². The number of nitrogens with zero attached hydrogens (tertiary/aromatic N) is 2. The maximum absolute atomic E-state index is 5.39. The molecule has 0 aliphatic carbocycles. The van der Waals surface area contributed by atoms with Crippen LogP contribution in [-0.4, -0.2) is 63.3 Å². The highest BCUT2D eigenvalue weighted by Crippen LogP contribution is 2.03. The summed E-state index contributed by atoms with van der Waals surface area (Å²) in [5.41, 5.74) is 0. The van der Waals surface area contributed by atoms with Crippen LogP contribution in [-0.2, 0) is 4.74 Å². The van der Waals surface area contributed by atoms with Crippen LogP contribution in [0.3, 0.4) is 0 Å². The van der Waals surface area contributed by atoms with E-state index in [0.29, 0.717) is 6.04 Å². The van der Waals surface area contributed by atoms with E-state index in [1.165, 1.54) is 0 Å². The lowest BCUT2D eigenvalue weighted by molar-refractivity contribution is -0.00245. The molecular weight excluding hydrogens is 164 g/mol. The van der Waals surface area contributed by atoms with E-state index < -0.39 is 0 Å². The molecule has 1 fully saturated rings. The SMILES string of the molecule is CC.CN(C)CC1COCCN1C. The largest absolute Gasteiger partial charge is 0.378 e. The molecule has 1 aliphatic heterocycles. The van der Waals surface area contributed by atoms with Crippen LogP contribution in [0.15, 0.2) is 0 Å². The summed E-state index contributed by atoms with van der Waals surface area (Å²) in [7, 11) is 6.36. The molecule has 0 spiro atoms. The first-order valence-electron chi connectivity index (χ1n) is 5.13. The molecule has 0 aromatic carbocycles. The lowest BCUT2D eigenvalue weighted by Crippen LogP contribution is -2.47. The van der Waals surface area contributed by atoms with Crippen molar-refractivity contribution in [2.45, 2.75) is 19.9 Å². The molecule has 1 atom stereocenters. The van der Waals surface area contributed by atoms with E-state index in [9.17, 15) is 0 Å². The topological polar surface area (TPSA) is 15.7 Å². The van der Waals surface area contributed by atoms with Crippen molar-refractivity contribution in [3.8, 4) is 0 Å². The summed E-state index contributed by atoms with van der Waals surface area (Å²) in [6, 6.07) is 0.582. The summed E-state index contributed by atoms with van der Waals surface area (Å²) in [4.78, 5) is 4.57. The zero-order valence-electron chi connectivity index (χ0n) is 9.71. The van der Waals surface area contributed by atoms with Crippen LogP contribution in [0, 0.1) is 0 Å². The van der Waals surface area contributed by atoms with Crippen molar-refractivity contribution in [3.05, 3.63) is 0 Å². The summed E-state index contributed by atoms with van der Waals surface area (Å²) in [6.45, 7) is 7.93. The molecule has 1 unspecified atom stereocenters. The molecule has 0 N–H and O–H groups in total. The molecule has 1 heterocycles. The Morgan fingerprint density at radius 2 is 2.00 bits per heavy atom. The summed E-state index contributed by atoms with van der Waals surface area (Å²) < 4.78 is 5.39. The van der Waals surface area contributed by atoms with Crippen LogP contribution in [0.1, 0.15) is 13.8 Å². The van der Waals surface area contributed by atoms with Crippen molar-refractivity contribution < 1.29 is 4.74 Å². The van der Waals surface area contributed by atoms with Gasteiger partial charge in [0.15, 0.2) is 0 Å². The second kappa shape index (κ2) is 7.30. The van der Waals surface area contributed by atoms with Gasteiger partial charge in [0.2, 0.25) is 0 Å². The monoisotopic (exact) mass is 188 g/mol. The molecule has 1 saturated heterocycles. The van der Waals surface area contributed by atoms with Crippen LogP contribution in [0.2, 0.25) is 0 Å². The van der Waals surface area contributed by atoms with Gasteiger partial charge in [-0.1, -0.05) is 13.8 Å². The average Bonchev–Trinajstić information content (AvgIpc) is 2.12. The fourth-order valence-corrected chi connectivity index (χ4v) is 1.35. The normalized spacial score (nSPS) is 24.0. The number of likely N-dealkylation sites (N-methyl/N-ethyl adjacent to an activating group) is 2. The Morgan fingerprint density at radius 1 is 1.38 bits per heavy atom. The highest BCUT2D eigenvalue weighted by molar-refractivity contribution is 4.73. The van der Waals surface area contributed by atoms with Crippen molar-refractivity contribution in [1.82, 2.24) is 9.80 Å². The molecule has 0 bridgehead atoms. The fourth-order valence-electron chi connectivity index (χ4n) is 1.35. The molecule has 3 nitrogen and oxygen atoms in total. The van der Waals surface area contributed by atoms with E-state index in [1.54, 1.807) is 0 Å². The zero-order chi connectivity index (χ0) is 10.3. The molecule has 0 radical (unpaired) electrons. The molecular formula is C10H24N2O. The molecule has 0 aromatic rings. The van der Waals surface area contributed by atoms with Crippen molar-refractivity contribution in [2.75, 3.05) is 47.4 Å². The van der Waals surface area contributed by atoms with Crippen molar-refractivity contribution in [2.24, 2.45) is 0 Å². The van der Waals surface area contributed by atoms with E-state index in [-0.39, 0.29) is 0 Å². The van der Waals surface area contributed by atoms with Gasteiger partial charge < -0.3 is 9.64 Å². The summed E-state index contributed by atoms with van der Waals surface area (Å²) in [5.74, 6) is 0. The standard InChI is InChI=1S/C8H18N2O.C2H6/c1-9(2)6-8-7-11-5-4-10(8)3;1-2/h8H,4-7H2,1-3H3;1-2H3. The van der Waals surface area contributed by atoms with Gasteiger partial charge in [-0.05, 0) is 21.1 Å². The third kappa shape index (κ3) is 5.24. The average molecular weight is 188 g/mol. The van der Waals surface area contributed by atoms with Gasteiger partial charge >= 0.3 is 0 Å². The lowest BCUT2D eigenvalue weighted by atomic mass is 10.2. The maximum atomic E-state index is 5.39. The van der Waals surface area contributed by atoms with E-state index >= 15 is 0 Å². The summed E-state index contributed by atoms with van der Waals surface area (Å²) in [6.07, 6.45) is 0. The minimum absolute atomic E-state index is 0.582. The van der Waals surface area contributed by atoms with Gasteiger partial charge in [-0.3, -0.25) is 4.90 Å². The minimum atomic E-state index is 0.582. The number of hydrogen-bond acceptors (Lipinski definition) is 3. The number of hydrogen-bond donors (Lipinski definition) is 0. The first-order valence-corrected chi connectivity index (χ1v) is 5.13. The van der Waals surface area contributed by atoms with E-state index in [1.807, 2.05) is 13.8 Å². The van der Waals surface area contributed by atoms with E-state index in [4.69, 9.17) is 4.74 Å². The van der Waals surface area contributed by atoms with Gasteiger partial charge in [0.1, 0.15) is 0 Å². The molecule has 3 heteroatoms. The van der Waals surface area contributed by atoms with Crippen molar-refractivity contribution in [3.63, 3.8) is 0 Å². The summed E-state index contributed by atoms with van der Waals surface area (Å²) in [5, 5.41) is 0. The third-order valence-electron chi connectivity index (χ3n) is 2.10. The van der Waals surface area contributed by atoms with Gasteiger partial charge in [-0.2, -0.15) is 0 Å². The Bertz CT molecular complexity index is 117. The van der Waals surface area contributed by atoms with E-state index in [0.717, 1.165) is 26.3 Å². The second-order valence-corrected chi connectivity index (χ2v) is 3.47. The predicted octanol–water partition coefficient (Wildman–Crippen LogP) is 0.905. The van der Waals surface area contributed by atoms with Gasteiger partial charge in [-0.15, -0.1) is 0 Å². The molecule has 0 amide bonds. The van der Waals surface area contributed by atoms with Crippen LogP contribution in [0.4, 0.5) is 0 Å². The third-order valence-corrected chi connectivity index (χ3v) is 2.10. The van der Waals surface area contributed by atoms with Crippen LogP contribution in [0.5, 0.6) is 0 Å². The number of rotatable bonds is 2. The Labute approximate surface area is 82.7 Å². The summed E-state index contributed by atoms with van der Waals surface area (Å²) >= 11 is 0. The Hall–Kier alpha value is -0.120. The highest BCUT2D eigenvalue weighted by atomic mass is 16.5. The quantitative estimate of drug-likeness (QED) is 0.640.